The van der Waals surface area contributed by atoms with Crippen molar-refractivity contribution in [2.45, 2.75) is 18.3 Å². The number of amides is 1. The van der Waals surface area contributed by atoms with E-state index in [0.717, 1.165) is 23.3 Å². The van der Waals surface area contributed by atoms with Crippen LogP contribution in [0.1, 0.15) is 23.3 Å². The van der Waals surface area contributed by atoms with Crippen molar-refractivity contribution in [3.8, 4) is 0 Å². The summed E-state index contributed by atoms with van der Waals surface area (Å²) in [5.41, 5.74) is 1.10. The average molecular weight is 301 g/mol. The quantitative estimate of drug-likeness (QED) is 0.837. The third-order valence-electron chi connectivity index (χ3n) is 3.85. The lowest BCUT2D eigenvalue weighted by atomic mass is 9.96. The Bertz CT molecular complexity index is 642. The molecule has 1 amide bonds. The molecule has 1 fully saturated rings. The van der Waals surface area contributed by atoms with Crippen LogP contribution in [0.2, 0.25) is 0 Å². The fraction of sp³-hybridized carbons (Fsp3) is 0.235. The maximum Gasteiger partial charge on any atom is 0.244 e. The van der Waals surface area contributed by atoms with Gasteiger partial charge >= 0.3 is 0 Å². The summed E-state index contributed by atoms with van der Waals surface area (Å²) in [6, 6.07) is 10.5. The van der Waals surface area contributed by atoms with Crippen LogP contribution in [0.25, 0.3) is 6.08 Å². The molecule has 21 heavy (non-hydrogen) atoms. The van der Waals surface area contributed by atoms with Crippen LogP contribution in [-0.4, -0.2) is 12.5 Å². The second kappa shape index (κ2) is 5.82. The van der Waals surface area contributed by atoms with E-state index >= 15 is 0 Å². The van der Waals surface area contributed by atoms with Crippen molar-refractivity contribution in [2.75, 3.05) is 6.54 Å². The van der Waals surface area contributed by atoms with Crippen LogP contribution in [0.3, 0.4) is 0 Å². The number of hydrogen-bond donors (Lipinski definition) is 1. The van der Waals surface area contributed by atoms with Crippen LogP contribution in [-0.2, 0) is 10.2 Å². The molecule has 0 spiro atoms. The Morgan fingerprint density at radius 1 is 1.29 bits per heavy atom. The van der Waals surface area contributed by atoms with E-state index in [1.54, 1.807) is 17.4 Å². The molecule has 1 aliphatic rings. The van der Waals surface area contributed by atoms with Crippen LogP contribution >= 0.6 is 11.3 Å². The summed E-state index contributed by atoms with van der Waals surface area (Å²) in [7, 11) is 0. The molecule has 1 aromatic carbocycles. The Morgan fingerprint density at radius 2 is 2.05 bits per heavy atom. The van der Waals surface area contributed by atoms with Crippen molar-refractivity contribution in [3.63, 3.8) is 0 Å². The molecule has 0 aliphatic heterocycles. The largest absolute Gasteiger partial charge is 0.352 e. The van der Waals surface area contributed by atoms with Crippen LogP contribution in [0, 0.1) is 5.82 Å². The lowest BCUT2D eigenvalue weighted by Crippen LogP contribution is -2.31. The molecule has 0 unspecified atom stereocenters. The highest BCUT2D eigenvalue weighted by atomic mass is 32.1. The summed E-state index contributed by atoms with van der Waals surface area (Å²) in [6.45, 7) is 0.603. The zero-order valence-corrected chi connectivity index (χ0v) is 12.3. The van der Waals surface area contributed by atoms with Gasteiger partial charge in [0.15, 0.2) is 0 Å². The topological polar surface area (TPSA) is 29.1 Å². The average Bonchev–Trinajstić information content (AvgIpc) is 3.10. The minimum absolute atomic E-state index is 0.000131. The van der Waals surface area contributed by atoms with Crippen LogP contribution in [0.5, 0.6) is 0 Å². The summed E-state index contributed by atoms with van der Waals surface area (Å²) >= 11 is 1.60. The second-order valence-corrected chi connectivity index (χ2v) is 6.33. The SMILES string of the molecule is O=C(/C=C/c1cccs1)NCC1(c2ccc(F)cc2)CC1. The zero-order chi connectivity index (χ0) is 14.7. The molecule has 2 aromatic rings. The number of hydrogen-bond acceptors (Lipinski definition) is 2. The number of nitrogens with one attached hydrogen (secondary N) is 1. The smallest absolute Gasteiger partial charge is 0.244 e. The third kappa shape index (κ3) is 3.39. The summed E-state index contributed by atoms with van der Waals surface area (Å²) in [5.74, 6) is -0.311. The van der Waals surface area contributed by atoms with Gasteiger partial charge in [0, 0.05) is 22.9 Å². The summed E-state index contributed by atoms with van der Waals surface area (Å²) in [5, 5.41) is 4.92. The Balaban J connectivity index is 1.57. The molecule has 1 saturated carbocycles. The Labute approximate surface area is 127 Å². The molecule has 108 valence electrons. The highest BCUT2D eigenvalue weighted by Crippen LogP contribution is 2.47. The number of benzene rings is 1. The van der Waals surface area contributed by atoms with Gasteiger partial charge in [0.1, 0.15) is 5.82 Å². The molecule has 4 heteroatoms. The minimum Gasteiger partial charge on any atom is -0.352 e. The first-order valence-electron chi connectivity index (χ1n) is 6.93. The molecule has 1 heterocycles. The maximum atomic E-state index is 13.0. The fourth-order valence-corrected chi connectivity index (χ4v) is 3.00. The van der Waals surface area contributed by atoms with Crippen molar-refractivity contribution in [2.24, 2.45) is 0 Å². The highest BCUT2D eigenvalue weighted by Gasteiger charge is 2.44. The van der Waals surface area contributed by atoms with Gasteiger partial charge in [-0.15, -0.1) is 11.3 Å². The number of carbonyl (C=O) groups is 1. The Kier molecular flexibility index (Phi) is 3.88. The summed E-state index contributed by atoms with van der Waals surface area (Å²) in [4.78, 5) is 12.9. The van der Waals surface area contributed by atoms with Gasteiger partial charge in [-0.1, -0.05) is 18.2 Å². The standard InChI is InChI=1S/C17H16FNOS/c18-14-5-3-13(4-6-14)17(9-10-17)12-19-16(20)8-7-15-2-1-11-21-15/h1-8,11H,9-10,12H2,(H,19,20)/b8-7+. The van der Waals surface area contributed by atoms with E-state index in [2.05, 4.69) is 5.32 Å². The van der Waals surface area contributed by atoms with Crippen LogP contribution in [0.15, 0.2) is 47.9 Å². The first-order valence-corrected chi connectivity index (χ1v) is 7.81. The van der Waals surface area contributed by atoms with Crippen LogP contribution < -0.4 is 5.32 Å². The monoisotopic (exact) mass is 301 g/mol. The van der Waals surface area contributed by atoms with Crippen molar-refractivity contribution < 1.29 is 9.18 Å². The van der Waals surface area contributed by atoms with E-state index < -0.39 is 0 Å². The Hall–Kier alpha value is -1.94. The minimum atomic E-state index is -0.225. The number of thiophene rings is 1. The molecule has 0 radical (unpaired) electrons. The molecule has 0 atom stereocenters. The third-order valence-corrected chi connectivity index (χ3v) is 4.69. The lowest BCUT2D eigenvalue weighted by Gasteiger charge is -2.15. The second-order valence-electron chi connectivity index (χ2n) is 5.35. The van der Waals surface area contributed by atoms with Gasteiger partial charge < -0.3 is 5.32 Å². The van der Waals surface area contributed by atoms with Gasteiger partial charge in [-0.25, -0.2) is 4.39 Å². The van der Waals surface area contributed by atoms with Gasteiger partial charge in [-0.2, -0.15) is 0 Å². The molecule has 2 nitrogen and oxygen atoms in total. The van der Waals surface area contributed by atoms with Crippen molar-refractivity contribution in [1.82, 2.24) is 5.32 Å². The fourth-order valence-electron chi connectivity index (χ4n) is 2.38. The van der Waals surface area contributed by atoms with E-state index in [0.29, 0.717) is 6.54 Å². The summed E-state index contributed by atoms with van der Waals surface area (Å²) < 4.78 is 13.0. The molecule has 3 rings (SSSR count). The van der Waals surface area contributed by atoms with Crippen molar-refractivity contribution in [3.05, 3.63) is 64.1 Å². The molecule has 0 saturated heterocycles. The highest BCUT2D eigenvalue weighted by molar-refractivity contribution is 7.10. The Morgan fingerprint density at radius 3 is 2.67 bits per heavy atom. The normalized spacial score (nSPS) is 16.0. The molecular weight excluding hydrogens is 285 g/mol. The van der Waals surface area contributed by atoms with Gasteiger partial charge in [0.2, 0.25) is 5.91 Å². The van der Waals surface area contributed by atoms with Gasteiger partial charge in [-0.3, -0.25) is 4.79 Å². The van der Waals surface area contributed by atoms with E-state index in [1.807, 2.05) is 35.7 Å². The predicted octanol–water partition coefficient (Wildman–Crippen LogP) is 3.75. The first kappa shape index (κ1) is 14.0. The molecular formula is C17H16FNOS. The van der Waals surface area contributed by atoms with Crippen LogP contribution in [0.4, 0.5) is 4.39 Å². The maximum absolute atomic E-state index is 13.0. The molecule has 1 aromatic heterocycles. The number of rotatable bonds is 5. The molecule has 0 bridgehead atoms. The van der Waals surface area contributed by atoms with Crippen molar-refractivity contribution >= 4 is 23.3 Å². The van der Waals surface area contributed by atoms with E-state index in [9.17, 15) is 9.18 Å². The molecule has 1 N–H and O–H groups in total. The first-order chi connectivity index (χ1) is 10.2. The van der Waals surface area contributed by atoms with Crippen molar-refractivity contribution in [1.29, 1.82) is 0 Å². The van der Waals surface area contributed by atoms with E-state index in [4.69, 9.17) is 0 Å². The lowest BCUT2D eigenvalue weighted by molar-refractivity contribution is -0.116. The van der Waals surface area contributed by atoms with Gasteiger partial charge in [0.05, 0.1) is 0 Å². The number of carbonyl (C=O) groups excluding carboxylic acids is 1. The van der Waals surface area contributed by atoms with E-state index in [-0.39, 0.29) is 17.1 Å². The molecule has 1 aliphatic carbocycles. The number of halogens is 1. The van der Waals surface area contributed by atoms with E-state index in [1.165, 1.54) is 12.1 Å². The van der Waals surface area contributed by atoms with Gasteiger partial charge in [-0.05, 0) is 48.1 Å². The summed E-state index contributed by atoms with van der Waals surface area (Å²) in [6.07, 6.45) is 5.45. The zero-order valence-electron chi connectivity index (χ0n) is 11.5. The van der Waals surface area contributed by atoms with Gasteiger partial charge in [0.25, 0.3) is 0 Å². The predicted molar refractivity (Wildman–Crippen MR) is 83.7 cm³/mol.